The molecule has 0 aliphatic carbocycles. The Labute approximate surface area is 162 Å². The monoisotopic (exact) mass is 376 g/mol. The van der Waals surface area contributed by atoms with Crippen LogP contribution in [-0.4, -0.2) is 38.6 Å². The normalized spacial score (nSPS) is 17.8. The number of nitrogens with zero attached hydrogens (tertiary/aromatic N) is 4. The van der Waals surface area contributed by atoms with Crippen LogP contribution >= 0.6 is 0 Å². The quantitative estimate of drug-likeness (QED) is 0.684. The van der Waals surface area contributed by atoms with E-state index in [1.807, 2.05) is 42.3 Å². The number of hydrogen-bond donors (Lipinski definition) is 0. The van der Waals surface area contributed by atoms with Crippen molar-refractivity contribution < 1.29 is 14.1 Å². The van der Waals surface area contributed by atoms with Gasteiger partial charge in [0.2, 0.25) is 11.7 Å². The number of hydrogen-bond acceptors (Lipinski definition) is 6. The van der Waals surface area contributed by atoms with Crippen molar-refractivity contribution in [2.75, 3.05) is 6.54 Å². The summed E-state index contributed by atoms with van der Waals surface area (Å²) in [6.07, 6.45) is 2.76. The second-order valence-electron chi connectivity index (χ2n) is 7.29. The van der Waals surface area contributed by atoms with Crippen LogP contribution in [0.25, 0.3) is 11.4 Å². The van der Waals surface area contributed by atoms with Crippen LogP contribution < -0.4 is 4.74 Å². The highest BCUT2D eigenvalue weighted by Crippen LogP contribution is 2.33. The molecule has 3 aromatic rings. The van der Waals surface area contributed by atoms with Crippen molar-refractivity contribution in [1.82, 2.24) is 20.0 Å². The maximum atomic E-state index is 13.0. The summed E-state index contributed by atoms with van der Waals surface area (Å²) in [6.45, 7) is 4.87. The van der Waals surface area contributed by atoms with E-state index in [9.17, 15) is 4.79 Å². The fourth-order valence-electron chi connectivity index (χ4n) is 4.06. The predicted octanol–water partition coefficient (Wildman–Crippen LogP) is 2.64. The topological polar surface area (TPSA) is 81.4 Å². The molecule has 2 aliphatic heterocycles. The van der Waals surface area contributed by atoms with Crippen molar-refractivity contribution in [1.29, 1.82) is 0 Å². The number of carbonyl (C=O) groups is 1. The summed E-state index contributed by atoms with van der Waals surface area (Å²) in [5.74, 6) is 1.93. The minimum atomic E-state index is -0.448. The molecule has 1 aromatic carbocycles. The number of benzene rings is 1. The average molecular weight is 376 g/mol. The van der Waals surface area contributed by atoms with E-state index < -0.39 is 6.10 Å². The number of carbonyl (C=O) groups excluding carboxylic acids is 1. The van der Waals surface area contributed by atoms with Gasteiger partial charge in [-0.15, -0.1) is 0 Å². The van der Waals surface area contributed by atoms with E-state index in [4.69, 9.17) is 9.26 Å². The minimum Gasteiger partial charge on any atom is -0.480 e. The molecule has 7 heteroatoms. The molecule has 0 radical (unpaired) electrons. The summed E-state index contributed by atoms with van der Waals surface area (Å²) >= 11 is 0. The SMILES string of the molecule is Cc1nc(-c2c(C)ncc3c2CCN(C(=O)C2Cc4ccccc4O2)C3)no1. The smallest absolute Gasteiger partial charge is 0.264 e. The van der Waals surface area contributed by atoms with Crippen LogP contribution in [0.2, 0.25) is 0 Å². The van der Waals surface area contributed by atoms with Gasteiger partial charge in [0.1, 0.15) is 5.75 Å². The Bertz CT molecular complexity index is 1050. The van der Waals surface area contributed by atoms with Crippen LogP contribution in [0.3, 0.4) is 0 Å². The zero-order chi connectivity index (χ0) is 19.3. The van der Waals surface area contributed by atoms with Crippen molar-refractivity contribution >= 4 is 5.91 Å². The molecule has 0 spiro atoms. The lowest BCUT2D eigenvalue weighted by Gasteiger charge is -2.31. The first-order chi connectivity index (χ1) is 13.6. The lowest BCUT2D eigenvalue weighted by molar-refractivity contribution is -0.138. The van der Waals surface area contributed by atoms with Gasteiger partial charge in [-0.2, -0.15) is 4.98 Å². The highest BCUT2D eigenvalue weighted by atomic mass is 16.5. The van der Waals surface area contributed by atoms with Crippen LogP contribution in [-0.2, 0) is 24.2 Å². The maximum absolute atomic E-state index is 13.0. The Morgan fingerprint density at radius 3 is 2.86 bits per heavy atom. The van der Waals surface area contributed by atoms with Gasteiger partial charge in [0.15, 0.2) is 6.10 Å². The Balaban J connectivity index is 1.40. The number of aromatic nitrogens is 3. The van der Waals surface area contributed by atoms with Crippen LogP contribution in [0, 0.1) is 13.8 Å². The van der Waals surface area contributed by atoms with E-state index in [0.29, 0.717) is 31.2 Å². The molecule has 28 heavy (non-hydrogen) atoms. The summed E-state index contributed by atoms with van der Waals surface area (Å²) in [7, 11) is 0. The molecule has 4 heterocycles. The van der Waals surface area contributed by atoms with E-state index in [0.717, 1.165) is 40.1 Å². The van der Waals surface area contributed by atoms with E-state index >= 15 is 0 Å². The maximum Gasteiger partial charge on any atom is 0.264 e. The van der Waals surface area contributed by atoms with Crippen molar-refractivity contribution in [2.24, 2.45) is 0 Å². The Kier molecular flexibility index (Phi) is 3.89. The predicted molar refractivity (Wildman–Crippen MR) is 101 cm³/mol. The largest absolute Gasteiger partial charge is 0.480 e. The van der Waals surface area contributed by atoms with E-state index in [1.54, 1.807) is 6.92 Å². The molecule has 1 unspecified atom stereocenters. The number of pyridine rings is 1. The van der Waals surface area contributed by atoms with Gasteiger partial charge in [-0.3, -0.25) is 9.78 Å². The van der Waals surface area contributed by atoms with Gasteiger partial charge in [0.05, 0.1) is 0 Å². The Morgan fingerprint density at radius 1 is 1.21 bits per heavy atom. The standard InChI is InChI=1S/C21H20N4O3/c1-12-19(20-23-13(2)28-24-20)16-7-8-25(11-15(16)10-22-12)21(26)18-9-14-5-3-4-6-17(14)27-18/h3-6,10,18H,7-9,11H2,1-2H3. The molecule has 0 fully saturated rings. The summed E-state index contributed by atoms with van der Waals surface area (Å²) in [5, 5.41) is 4.07. The fraction of sp³-hybridized carbons (Fsp3) is 0.333. The second kappa shape index (κ2) is 6.44. The van der Waals surface area contributed by atoms with E-state index in [-0.39, 0.29) is 5.91 Å². The van der Waals surface area contributed by atoms with Crippen LogP contribution in [0.15, 0.2) is 35.0 Å². The van der Waals surface area contributed by atoms with Gasteiger partial charge in [-0.25, -0.2) is 0 Å². The third kappa shape index (κ3) is 2.74. The second-order valence-corrected chi connectivity index (χ2v) is 7.29. The van der Waals surface area contributed by atoms with E-state index in [1.165, 1.54) is 0 Å². The molecule has 0 bridgehead atoms. The first-order valence-electron chi connectivity index (χ1n) is 9.41. The molecular weight excluding hydrogens is 356 g/mol. The number of aryl methyl sites for hydroxylation is 2. The number of para-hydroxylation sites is 1. The zero-order valence-corrected chi connectivity index (χ0v) is 15.8. The Morgan fingerprint density at radius 2 is 2.07 bits per heavy atom. The summed E-state index contributed by atoms with van der Waals surface area (Å²) < 4.78 is 11.0. The lowest BCUT2D eigenvalue weighted by atomic mass is 9.94. The van der Waals surface area contributed by atoms with Gasteiger partial charge < -0.3 is 14.2 Å². The molecule has 1 amide bonds. The third-order valence-corrected chi connectivity index (χ3v) is 5.44. The highest BCUT2D eigenvalue weighted by Gasteiger charge is 2.34. The van der Waals surface area contributed by atoms with Crippen molar-refractivity contribution in [3.63, 3.8) is 0 Å². The van der Waals surface area contributed by atoms with Crippen LogP contribution in [0.5, 0.6) is 5.75 Å². The first kappa shape index (κ1) is 16.9. The minimum absolute atomic E-state index is 0.0272. The van der Waals surface area contributed by atoms with Crippen LogP contribution in [0.1, 0.15) is 28.3 Å². The molecular formula is C21H20N4O3. The molecule has 7 nitrogen and oxygen atoms in total. The number of amides is 1. The zero-order valence-electron chi connectivity index (χ0n) is 15.8. The molecule has 0 N–H and O–H groups in total. The molecule has 142 valence electrons. The molecule has 0 saturated heterocycles. The first-order valence-corrected chi connectivity index (χ1v) is 9.41. The van der Waals surface area contributed by atoms with Crippen molar-refractivity contribution in [2.45, 2.75) is 39.3 Å². The molecule has 2 aromatic heterocycles. The van der Waals surface area contributed by atoms with Gasteiger partial charge in [0, 0.05) is 43.9 Å². The summed E-state index contributed by atoms with van der Waals surface area (Å²) in [4.78, 5) is 23.8. The van der Waals surface area contributed by atoms with E-state index in [2.05, 4.69) is 15.1 Å². The molecule has 1 atom stereocenters. The van der Waals surface area contributed by atoms with Crippen LogP contribution in [0.4, 0.5) is 0 Å². The summed E-state index contributed by atoms with van der Waals surface area (Å²) in [5.41, 5.74) is 5.05. The van der Waals surface area contributed by atoms with Gasteiger partial charge in [-0.05, 0) is 36.1 Å². The number of ether oxygens (including phenoxy) is 1. The van der Waals surface area contributed by atoms with Crippen molar-refractivity contribution in [3.05, 3.63) is 58.7 Å². The number of rotatable bonds is 2. The summed E-state index contributed by atoms with van der Waals surface area (Å²) in [6, 6.07) is 7.83. The van der Waals surface area contributed by atoms with Gasteiger partial charge in [-0.1, -0.05) is 23.4 Å². The number of fused-ring (bicyclic) bond motifs is 2. The fourth-order valence-corrected chi connectivity index (χ4v) is 4.06. The average Bonchev–Trinajstić information content (AvgIpc) is 3.33. The molecule has 0 saturated carbocycles. The molecule has 5 rings (SSSR count). The van der Waals surface area contributed by atoms with Gasteiger partial charge >= 0.3 is 0 Å². The molecule has 2 aliphatic rings. The van der Waals surface area contributed by atoms with Crippen molar-refractivity contribution in [3.8, 4) is 17.1 Å². The highest BCUT2D eigenvalue weighted by molar-refractivity contribution is 5.83. The third-order valence-electron chi connectivity index (χ3n) is 5.44. The Hall–Kier alpha value is -3.22. The lowest BCUT2D eigenvalue weighted by Crippen LogP contribution is -2.44. The van der Waals surface area contributed by atoms with Gasteiger partial charge in [0.25, 0.3) is 5.91 Å².